The molecule has 0 spiro atoms. The maximum absolute atomic E-state index is 14.4. The van der Waals surface area contributed by atoms with Crippen molar-refractivity contribution in [3.05, 3.63) is 58.9 Å². The van der Waals surface area contributed by atoms with Crippen LogP contribution in [0.3, 0.4) is 0 Å². The number of ether oxygens (including phenoxy) is 1. The van der Waals surface area contributed by atoms with Crippen LogP contribution >= 0.6 is 0 Å². The number of fused-ring (bicyclic) bond motifs is 1. The molecule has 10 heteroatoms. The van der Waals surface area contributed by atoms with Gasteiger partial charge in [-0.3, -0.25) is 9.59 Å². The minimum absolute atomic E-state index is 0.174. The summed E-state index contributed by atoms with van der Waals surface area (Å²) < 4.78 is 44.8. The number of rotatable bonds is 8. The summed E-state index contributed by atoms with van der Waals surface area (Å²) in [6.45, 7) is 4.47. The number of benzene rings is 2. The lowest BCUT2D eigenvalue weighted by Crippen LogP contribution is -2.44. The molecular formula is C26H31FN2O6S. The average molecular weight is 519 g/mol. The monoisotopic (exact) mass is 518 g/mol. The van der Waals surface area contributed by atoms with E-state index in [0.717, 1.165) is 30.2 Å². The molecule has 0 aliphatic carbocycles. The number of hydrogen-bond acceptors (Lipinski definition) is 6. The molecule has 0 saturated carbocycles. The Morgan fingerprint density at radius 3 is 2.64 bits per heavy atom. The zero-order valence-electron chi connectivity index (χ0n) is 20.7. The second-order valence-electron chi connectivity index (χ2n) is 9.50. The van der Waals surface area contributed by atoms with Crippen LogP contribution in [0.25, 0.3) is 11.1 Å². The first-order valence-electron chi connectivity index (χ1n) is 12.1. The van der Waals surface area contributed by atoms with Gasteiger partial charge in [0.25, 0.3) is 21.8 Å². The summed E-state index contributed by atoms with van der Waals surface area (Å²) in [6, 6.07) is 10.3. The van der Waals surface area contributed by atoms with Crippen LogP contribution in [0, 0.1) is 18.7 Å². The largest absolute Gasteiger partial charge is 0.350 e. The lowest BCUT2D eigenvalue weighted by Gasteiger charge is -2.29. The van der Waals surface area contributed by atoms with Crippen LogP contribution in [0.15, 0.2) is 36.4 Å². The standard InChI is InChI=1S/C26H31FN2O6S/c1-17-7-9-21(23(27)14-17)19-8-10-22-20(15-19)16-28(26(22)31)12-11-18(2)25(30)29(36(3,32)33)35-24-6-4-5-13-34-24/h7-10,14-15,18,24H,4-6,11-13,16H2,1-3H3/t18-,24?/m1/s1. The first-order chi connectivity index (χ1) is 17.0. The Morgan fingerprint density at radius 2 is 1.97 bits per heavy atom. The topological polar surface area (TPSA) is 93.2 Å². The first-order valence-corrected chi connectivity index (χ1v) is 13.9. The van der Waals surface area contributed by atoms with E-state index < -0.39 is 28.1 Å². The molecule has 1 fully saturated rings. The van der Waals surface area contributed by atoms with Gasteiger partial charge in [-0.25, -0.2) is 17.6 Å². The van der Waals surface area contributed by atoms with E-state index in [1.807, 2.05) is 19.1 Å². The van der Waals surface area contributed by atoms with Gasteiger partial charge in [-0.15, -0.1) is 4.47 Å². The Labute approximate surface area is 211 Å². The maximum Gasteiger partial charge on any atom is 0.264 e. The molecule has 2 heterocycles. The molecule has 2 atom stereocenters. The van der Waals surface area contributed by atoms with E-state index >= 15 is 0 Å². The van der Waals surface area contributed by atoms with Gasteiger partial charge in [0.15, 0.2) is 6.29 Å². The average Bonchev–Trinajstić information content (AvgIpc) is 3.15. The van der Waals surface area contributed by atoms with Crippen LogP contribution in [-0.4, -0.2) is 55.3 Å². The summed E-state index contributed by atoms with van der Waals surface area (Å²) in [6.07, 6.45) is 2.56. The van der Waals surface area contributed by atoms with E-state index in [2.05, 4.69) is 0 Å². The van der Waals surface area contributed by atoms with Gasteiger partial charge in [-0.2, -0.15) is 0 Å². The number of hydrogen-bond donors (Lipinski definition) is 0. The Hall–Kier alpha value is -2.82. The van der Waals surface area contributed by atoms with Gasteiger partial charge in [-0.05, 0) is 61.1 Å². The number of carbonyl (C=O) groups excluding carboxylic acids is 2. The molecule has 4 rings (SSSR count). The van der Waals surface area contributed by atoms with Crippen molar-refractivity contribution >= 4 is 21.8 Å². The van der Waals surface area contributed by atoms with Gasteiger partial charge in [-0.1, -0.05) is 25.1 Å². The molecule has 0 bridgehead atoms. The zero-order chi connectivity index (χ0) is 26.0. The normalized spacial score (nSPS) is 18.7. The lowest BCUT2D eigenvalue weighted by molar-refractivity contribution is -0.249. The van der Waals surface area contributed by atoms with Crippen molar-refractivity contribution in [2.75, 3.05) is 19.4 Å². The van der Waals surface area contributed by atoms with Gasteiger partial charge < -0.3 is 9.64 Å². The van der Waals surface area contributed by atoms with Gasteiger partial charge in [0.1, 0.15) is 5.82 Å². The first kappa shape index (κ1) is 26.2. The van der Waals surface area contributed by atoms with Crippen molar-refractivity contribution in [3.63, 3.8) is 0 Å². The third-order valence-electron chi connectivity index (χ3n) is 6.51. The number of amides is 2. The summed E-state index contributed by atoms with van der Waals surface area (Å²) in [7, 11) is -3.97. The van der Waals surface area contributed by atoms with Crippen LogP contribution in [0.2, 0.25) is 0 Å². The molecule has 36 heavy (non-hydrogen) atoms. The molecular weight excluding hydrogens is 487 g/mol. The van der Waals surface area contributed by atoms with E-state index in [4.69, 9.17) is 9.57 Å². The Kier molecular flexibility index (Phi) is 7.77. The van der Waals surface area contributed by atoms with Crippen LogP contribution in [-0.2, 0) is 30.9 Å². The van der Waals surface area contributed by atoms with Crippen LogP contribution in [0.5, 0.6) is 0 Å². The Morgan fingerprint density at radius 1 is 1.22 bits per heavy atom. The highest BCUT2D eigenvalue weighted by Crippen LogP contribution is 2.31. The lowest BCUT2D eigenvalue weighted by atomic mass is 9.99. The molecule has 2 amide bonds. The van der Waals surface area contributed by atoms with Crippen molar-refractivity contribution in [3.8, 4) is 11.1 Å². The van der Waals surface area contributed by atoms with Crippen LogP contribution in [0.1, 0.15) is 54.1 Å². The molecule has 0 aromatic heterocycles. The molecule has 2 aliphatic heterocycles. The summed E-state index contributed by atoms with van der Waals surface area (Å²) >= 11 is 0. The fourth-order valence-electron chi connectivity index (χ4n) is 4.43. The summed E-state index contributed by atoms with van der Waals surface area (Å²) in [5.74, 6) is -1.91. The number of nitrogens with zero attached hydrogens (tertiary/aromatic N) is 2. The SMILES string of the molecule is Cc1ccc(-c2ccc3c(c2)CN(CC[C@@H](C)C(=O)N(OC2CCCCO2)S(C)(=O)=O)C3=O)c(F)c1. The molecule has 194 valence electrons. The van der Waals surface area contributed by atoms with Crippen molar-refractivity contribution in [2.45, 2.75) is 52.4 Å². The number of aryl methyl sites for hydroxylation is 1. The van der Waals surface area contributed by atoms with Crippen molar-refractivity contribution < 1.29 is 32.0 Å². The highest BCUT2D eigenvalue weighted by Gasteiger charge is 2.34. The molecule has 8 nitrogen and oxygen atoms in total. The zero-order valence-corrected chi connectivity index (χ0v) is 21.5. The molecule has 2 aromatic carbocycles. The van der Waals surface area contributed by atoms with Gasteiger partial charge >= 0.3 is 0 Å². The highest BCUT2D eigenvalue weighted by molar-refractivity contribution is 7.88. The van der Waals surface area contributed by atoms with Crippen molar-refractivity contribution in [1.82, 2.24) is 9.37 Å². The number of carbonyl (C=O) groups is 2. The molecule has 1 saturated heterocycles. The third kappa shape index (κ3) is 5.77. The van der Waals surface area contributed by atoms with E-state index in [9.17, 15) is 22.4 Å². The maximum atomic E-state index is 14.4. The second kappa shape index (κ2) is 10.7. The highest BCUT2D eigenvalue weighted by atomic mass is 32.2. The van der Waals surface area contributed by atoms with Crippen molar-refractivity contribution in [1.29, 1.82) is 0 Å². The van der Waals surface area contributed by atoms with Crippen LogP contribution < -0.4 is 0 Å². The molecule has 2 aliphatic rings. The van der Waals surface area contributed by atoms with E-state index in [0.29, 0.717) is 40.7 Å². The Bertz CT molecular complexity index is 1260. The predicted molar refractivity (Wildman–Crippen MR) is 131 cm³/mol. The second-order valence-corrected chi connectivity index (χ2v) is 11.3. The molecule has 2 aromatic rings. The summed E-state index contributed by atoms with van der Waals surface area (Å²) in [5.41, 5.74) is 3.31. The summed E-state index contributed by atoms with van der Waals surface area (Å²) in [4.78, 5) is 32.9. The predicted octanol–water partition coefficient (Wildman–Crippen LogP) is 4.03. The number of halogens is 1. The minimum Gasteiger partial charge on any atom is -0.350 e. The third-order valence-corrected chi connectivity index (χ3v) is 7.37. The van der Waals surface area contributed by atoms with Gasteiger partial charge in [0.2, 0.25) is 0 Å². The van der Waals surface area contributed by atoms with Crippen molar-refractivity contribution in [2.24, 2.45) is 5.92 Å². The Balaban J connectivity index is 1.40. The number of hydroxylamine groups is 1. The summed E-state index contributed by atoms with van der Waals surface area (Å²) in [5, 5.41) is 0. The molecule has 0 radical (unpaired) electrons. The fraction of sp³-hybridized carbons (Fsp3) is 0.462. The van der Waals surface area contributed by atoms with Gasteiger partial charge in [0, 0.05) is 43.2 Å². The quantitative estimate of drug-likeness (QED) is 0.490. The van der Waals surface area contributed by atoms with Crippen LogP contribution in [0.4, 0.5) is 4.39 Å². The molecule has 0 N–H and O–H groups in total. The number of sulfonamides is 1. The van der Waals surface area contributed by atoms with E-state index in [1.54, 1.807) is 30.0 Å². The van der Waals surface area contributed by atoms with E-state index in [1.165, 1.54) is 6.07 Å². The smallest absolute Gasteiger partial charge is 0.264 e. The fourth-order valence-corrected chi connectivity index (χ4v) is 5.19. The molecule has 1 unspecified atom stereocenters. The van der Waals surface area contributed by atoms with E-state index in [-0.39, 0.29) is 24.7 Å². The van der Waals surface area contributed by atoms with Gasteiger partial charge in [0.05, 0.1) is 6.26 Å². The minimum atomic E-state index is -3.97.